The van der Waals surface area contributed by atoms with E-state index in [-0.39, 0.29) is 5.91 Å². The summed E-state index contributed by atoms with van der Waals surface area (Å²) in [4.78, 5) is 18.3. The molecule has 21 heavy (non-hydrogen) atoms. The first-order valence-electron chi connectivity index (χ1n) is 7.33. The zero-order chi connectivity index (χ0) is 14.7. The van der Waals surface area contributed by atoms with Gasteiger partial charge in [0.05, 0.1) is 0 Å². The number of aromatic nitrogens is 1. The van der Waals surface area contributed by atoms with E-state index in [4.69, 9.17) is 0 Å². The number of hydrogen-bond acceptors (Lipinski definition) is 3. The molecular weight excluding hydrogens is 262 g/mol. The van der Waals surface area contributed by atoms with E-state index in [1.54, 1.807) is 0 Å². The Morgan fingerprint density at radius 1 is 1.19 bits per heavy atom. The van der Waals surface area contributed by atoms with E-state index >= 15 is 0 Å². The largest absolute Gasteiger partial charge is 0.363 e. The Labute approximate surface area is 124 Å². The molecule has 0 spiro atoms. The second kappa shape index (κ2) is 5.95. The summed E-state index contributed by atoms with van der Waals surface area (Å²) in [6.07, 6.45) is 4.72. The molecule has 0 unspecified atom stereocenters. The van der Waals surface area contributed by atoms with Gasteiger partial charge in [0, 0.05) is 43.3 Å². The van der Waals surface area contributed by atoms with Crippen molar-refractivity contribution >= 4 is 11.6 Å². The van der Waals surface area contributed by atoms with E-state index < -0.39 is 0 Å². The van der Waals surface area contributed by atoms with Crippen molar-refractivity contribution in [2.45, 2.75) is 26.4 Å². The molecule has 1 aromatic carbocycles. The summed E-state index contributed by atoms with van der Waals surface area (Å²) < 4.78 is 0. The first-order chi connectivity index (χ1) is 10.3. The molecule has 0 saturated carbocycles. The quantitative estimate of drug-likeness (QED) is 0.937. The fraction of sp³-hybridized carbons (Fsp3) is 0.294. The summed E-state index contributed by atoms with van der Waals surface area (Å²) in [6, 6.07) is 9.88. The van der Waals surface area contributed by atoms with Gasteiger partial charge in [-0.15, -0.1) is 0 Å². The monoisotopic (exact) mass is 281 g/mol. The molecule has 4 heteroatoms. The van der Waals surface area contributed by atoms with E-state index in [1.165, 1.54) is 11.1 Å². The third kappa shape index (κ3) is 2.89. The number of carbonyl (C=O) groups excluding carboxylic acids is 1. The summed E-state index contributed by atoms with van der Waals surface area (Å²) in [5.41, 5.74) is 4.46. The zero-order valence-electron chi connectivity index (χ0n) is 12.2. The number of nitrogens with one attached hydrogen (secondary N) is 1. The van der Waals surface area contributed by atoms with Crippen LogP contribution in [0.15, 0.2) is 42.7 Å². The van der Waals surface area contributed by atoms with Crippen LogP contribution in [0.4, 0.5) is 5.69 Å². The van der Waals surface area contributed by atoms with Crippen LogP contribution in [0.2, 0.25) is 0 Å². The van der Waals surface area contributed by atoms with E-state index in [0.717, 1.165) is 31.7 Å². The molecule has 4 nitrogen and oxygen atoms in total. The minimum absolute atomic E-state index is 0.00249. The van der Waals surface area contributed by atoms with Crippen molar-refractivity contribution in [3.05, 3.63) is 59.4 Å². The lowest BCUT2D eigenvalue weighted by Crippen LogP contribution is -2.24. The Hall–Kier alpha value is -2.36. The third-order valence-electron chi connectivity index (χ3n) is 3.76. The second-order valence-electron chi connectivity index (χ2n) is 5.30. The van der Waals surface area contributed by atoms with Crippen molar-refractivity contribution < 1.29 is 4.79 Å². The molecule has 1 amide bonds. The molecule has 3 rings (SSSR count). The Kier molecular flexibility index (Phi) is 3.86. The lowest BCUT2D eigenvalue weighted by Gasteiger charge is -2.18. The van der Waals surface area contributed by atoms with Gasteiger partial charge in [-0.3, -0.25) is 9.78 Å². The Balaban J connectivity index is 1.70. The maximum Gasteiger partial charge on any atom is 0.251 e. The van der Waals surface area contributed by atoms with Crippen molar-refractivity contribution in [1.29, 1.82) is 0 Å². The molecule has 108 valence electrons. The van der Waals surface area contributed by atoms with Crippen molar-refractivity contribution in [2.24, 2.45) is 0 Å². The molecule has 2 heterocycles. The van der Waals surface area contributed by atoms with Gasteiger partial charge in [-0.1, -0.05) is 6.92 Å². The summed E-state index contributed by atoms with van der Waals surface area (Å²) in [5.74, 6) is -0.00249. The van der Waals surface area contributed by atoms with Gasteiger partial charge in [-0.2, -0.15) is 0 Å². The fourth-order valence-electron chi connectivity index (χ4n) is 2.57. The predicted octanol–water partition coefficient (Wildman–Crippen LogP) is 2.74. The van der Waals surface area contributed by atoms with Crippen LogP contribution >= 0.6 is 0 Å². The molecule has 2 aromatic rings. The smallest absolute Gasteiger partial charge is 0.251 e. The summed E-state index contributed by atoms with van der Waals surface area (Å²) in [6.45, 7) is 4.54. The van der Waals surface area contributed by atoms with Gasteiger partial charge < -0.3 is 10.2 Å². The van der Waals surface area contributed by atoms with Crippen LogP contribution in [0.1, 0.15) is 34.8 Å². The highest BCUT2D eigenvalue weighted by Gasteiger charge is 2.19. The minimum atomic E-state index is -0.00249. The normalized spacial score (nSPS) is 13.1. The standard InChI is InChI=1S/C17H19N3O/c1-2-8-19-17(21)13-3-5-16(6-4-13)20-11-14-7-9-18-10-15(14)12-20/h3-7,9-10H,2,8,11-12H2,1H3,(H,19,21). The lowest BCUT2D eigenvalue weighted by atomic mass is 10.2. The van der Waals surface area contributed by atoms with Crippen LogP contribution in [0, 0.1) is 0 Å². The van der Waals surface area contributed by atoms with Gasteiger partial charge in [0.25, 0.3) is 5.91 Å². The number of hydrogen-bond donors (Lipinski definition) is 1. The van der Waals surface area contributed by atoms with Crippen molar-refractivity contribution in [1.82, 2.24) is 10.3 Å². The van der Waals surface area contributed by atoms with Gasteiger partial charge in [0.15, 0.2) is 0 Å². The molecule has 0 aliphatic carbocycles. The number of rotatable bonds is 4. The highest BCUT2D eigenvalue weighted by Crippen LogP contribution is 2.27. The van der Waals surface area contributed by atoms with Gasteiger partial charge in [0.1, 0.15) is 0 Å². The summed E-state index contributed by atoms with van der Waals surface area (Å²) in [5, 5.41) is 2.89. The Morgan fingerprint density at radius 3 is 2.67 bits per heavy atom. The van der Waals surface area contributed by atoms with Crippen LogP contribution in [0.3, 0.4) is 0 Å². The van der Waals surface area contributed by atoms with Crippen LogP contribution in [-0.2, 0) is 13.1 Å². The molecule has 0 fully saturated rings. The molecular formula is C17H19N3O. The van der Waals surface area contributed by atoms with E-state index in [2.05, 4.69) is 21.3 Å². The van der Waals surface area contributed by atoms with Gasteiger partial charge in [-0.25, -0.2) is 0 Å². The molecule has 0 bridgehead atoms. The van der Waals surface area contributed by atoms with Gasteiger partial charge in [-0.05, 0) is 47.9 Å². The first-order valence-corrected chi connectivity index (χ1v) is 7.33. The average Bonchev–Trinajstić information content (AvgIpc) is 2.96. The SMILES string of the molecule is CCCNC(=O)c1ccc(N2Cc3ccncc3C2)cc1. The van der Waals surface area contributed by atoms with Crippen LogP contribution < -0.4 is 10.2 Å². The Morgan fingerprint density at radius 2 is 1.95 bits per heavy atom. The van der Waals surface area contributed by atoms with E-state index in [1.807, 2.05) is 43.6 Å². The minimum Gasteiger partial charge on any atom is -0.363 e. The predicted molar refractivity (Wildman–Crippen MR) is 83.2 cm³/mol. The molecule has 0 radical (unpaired) electrons. The lowest BCUT2D eigenvalue weighted by molar-refractivity contribution is 0.0953. The molecule has 1 aromatic heterocycles. The number of carbonyl (C=O) groups is 1. The number of benzene rings is 1. The van der Waals surface area contributed by atoms with Crippen molar-refractivity contribution in [3.63, 3.8) is 0 Å². The van der Waals surface area contributed by atoms with Gasteiger partial charge >= 0.3 is 0 Å². The van der Waals surface area contributed by atoms with Gasteiger partial charge in [0.2, 0.25) is 0 Å². The summed E-state index contributed by atoms with van der Waals surface area (Å²) >= 11 is 0. The molecule has 1 aliphatic rings. The molecule has 1 aliphatic heterocycles. The number of nitrogens with zero attached hydrogens (tertiary/aromatic N) is 2. The molecule has 1 N–H and O–H groups in total. The molecule has 0 atom stereocenters. The average molecular weight is 281 g/mol. The summed E-state index contributed by atoms with van der Waals surface area (Å²) in [7, 11) is 0. The number of amides is 1. The van der Waals surface area contributed by atoms with Crippen molar-refractivity contribution in [3.8, 4) is 0 Å². The fourth-order valence-corrected chi connectivity index (χ4v) is 2.57. The highest BCUT2D eigenvalue weighted by molar-refractivity contribution is 5.94. The Bertz CT molecular complexity index is 612. The van der Waals surface area contributed by atoms with Crippen molar-refractivity contribution in [2.75, 3.05) is 11.4 Å². The second-order valence-corrected chi connectivity index (χ2v) is 5.30. The van der Waals surface area contributed by atoms with Crippen LogP contribution in [0.25, 0.3) is 0 Å². The zero-order valence-corrected chi connectivity index (χ0v) is 12.2. The maximum absolute atomic E-state index is 11.9. The first kappa shape index (κ1) is 13.6. The number of pyridine rings is 1. The molecule has 0 saturated heterocycles. The maximum atomic E-state index is 11.9. The van der Waals surface area contributed by atoms with E-state index in [0.29, 0.717) is 5.56 Å². The van der Waals surface area contributed by atoms with E-state index in [9.17, 15) is 4.79 Å². The van der Waals surface area contributed by atoms with Crippen LogP contribution in [-0.4, -0.2) is 17.4 Å². The topological polar surface area (TPSA) is 45.2 Å². The number of anilines is 1. The third-order valence-corrected chi connectivity index (χ3v) is 3.76. The number of fused-ring (bicyclic) bond motifs is 1. The highest BCUT2D eigenvalue weighted by atomic mass is 16.1. The van der Waals surface area contributed by atoms with Crippen LogP contribution in [0.5, 0.6) is 0 Å².